The molecule has 2 aromatic heterocycles. The quantitative estimate of drug-likeness (QED) is 0.491. The molecule has 0 amide bonds. The first kappa shape index (κ1) is 17.2. The van der Waals surface area contributed by atoms with E-state index in [2.05, 4.69) is 20.9 Å². The van der Waals surface area contributed by atoms with Crippen LogP contribution in [0.5, 0.6) is 0 Å². The van der Waals surface area contributed by atoms with Crippen LogP contribution >= 0.6 is 35.7 Å². The molecule has 0 aliphatic rings. The fourth-order valence-corrected chi connectivity index (χ4v) is 3.22. The number of hydrogen-bond acceptors (Lipinski definition) is 7. The highest BCUT2D eigenvalue weighted by molar-refractivity contribution is 7.98. The van der Waals surface area contributed by atoms with Gasteiger partial charge in [0.1, 0.15) is 12.5 Å². The minimum Gasteiger partial charge on any atom is -0.364 e. The molecule has 120 valence electrons. The summed E-state index contributed by atoms with van der Waals surface area (Å²) in [6.45, 7) is 1.67. The van der Waals surface area contributed by atoms with Gasteiger partial charge in [0.15, 0.2) is 5.11 Å². The van der Waals surface area contributed by atoms with Gasteiger partial charge in [-0.1, -0.05) is 10.3 Å². The molecule has 0 spiro atoms. The fourth-order valence-electron chi connectivity index (χ4n) is 1.51. The van der Waals surface area contributed by atoms with Crippen LogP contribution in [0, 0.1) is 0 Å². The van der Waals surface area contributed by atoms with Crippen LogP contribution in [0.4, 0.5) is 0 Å². The van der Waals surface area contributed by atoms with Crippen LogP contribution in [0.15, 0.2) is 33.7 Å². The van der Waals surface area contributed by atoms with E-state index in [0.717, 1.165) is 47.5 Å². The van der Waals surface area contributed by atoms with Gasteiger partial charge in [-0.15, -0.1) is 0 Å². The van der Waals surface area contributed by atoms with E-state index in [-0.39, 0.29) is 0 Å². The molecule has 0 aliphatic carbocycles. The van der Waals surface area contributed by atoms with E-state index in [1.54, 1.807) is 36.1 Å². The average molecular weight is 359 g/mol. The molecule has 0 radical (unpaired) electrons. The number of thiocarbonyl (C=S) groups is 1. The van der Waals surface area contributed by atoms with Gasteiger partial charge in [0.05, 0.1) is 11.4 Å². The van der Waals surface area contributed by atoms with Gasteiger partial charge in [-0.3, -0.25) is 0 Å². The molecule has 0 aromatic carbocycles. The normalized spacial score (nSPS) is 10.5. The van der Waals surface area contributed by atoms with Crippen LogP contribution in [-0.2, 0) is 11.5 Å². The van der Waals surface area contributed by atoms with Gasteiger partial charge in [-0.2, -0.15) is 23.5 Å². The van der Waals surface area contributed by atoms with Crippen molar-refractivity contribution in [1.29, 1.82) is 0 Å². The second-order valence-corrected chi connectivity index (χ2v) is 6.89. The van der Waals surface area contributed by atoms with Crippen molar-refractivity contribution in [1.82, 2.24) is 20.9 Å². The number of thioether (sulfide) groups is 2. The molecule has 2 N–H and O–H groups in total. The molecule has 0 fully saturated rings. The lowest BCUT2D eigenvalue weighted by molar-refractivity contribution is 0.414. The maximum atomic E-state index is 5.22. The standard InChI is InChI=1S/C13H18N4O2S3/c20-13(14-3-7-21-9-11-1-5-18-16-11)15-4-8-22-10-12-2-6-19-17-12/h1-2,5-6H,3-4,7-10H2,(H2,14,15,20). The van der Waals surface area contributed by atoms with E-state index in [9.17, 15) is 0 Å². The molecule has 0 saturated carbocycles. The summed E-state index contributed by atoms with van der Waals surface area (Å²) in [6, 6.07) is 3.76. The third kappa shape index (κ3) is 7.19. The van der Waals surface area contributed by atoms with E-state index >= 15 is 0 Å². The van der Waals surface area contributed by atoms with Crippen LogP contribution in [-0.4, -0.2) is 40.0 Å². The van der Waals surface area contributed by atoms with Gasteiger partial charge in [0.2, 0.25) is 0 Å². The van der Waals surface area contributed by atoms with Crippen LogP contribution in [0.25, 0.3) is 0 Å². The van der Waals surface area contributed by atoms with Crippen molar-refractivity contribution < 1.29 is 9.05 Å². The molecule has 0 aliphatic heterocycles. The molecule has 9 heteroatoms. The number of nitrogens with one attached hydrogen (secondary N) is 2. The zero-order valence-electron chi connectivity index (χ0n) is 12.0. The largest absolute Gasteiger partial charge is 0.364 e. The first-order valence-corrected chi connectivity index (χ1v) is 9.52. The molecule has 2 rings (SSSR count). The predicted octanol–water partition coefficient (Wildman–Crippen LogP) is 2.29. The van der Waals surface area contributed by atoms with Crippen molar-refractivity contribution >= 4 is 40.9 Å². The summed E-state index contributed by atoms with van der Waals surface area (Å²) in [7, 11) is 0. The zero-order valence-corrected chi connectivity index (χ0v) is 14.4. The lowest BCUT2D eigenvalue weighted by Gasteiger charge is -2.09. The average Bonchev–Trinajstić information content (AvgIpc) is 3.19. The lowest BCUT2D eigenvalue weighted by atomic mass is 10.5. The topological polar surface area (TPSA) is 76.1 Å². The van der Waals surface area contributed by atoms with E-state index in [1.807, 2.05) is 12.1 Å². The molecule has 0 unspecified atom stereocenters. The first-order chi connectivity index (χ1) is 10.8. The van der Waals surface area contributed by atoms with Crippen molar-refractivity contribution in [2.75, 3.05) is 24.6 Å². The Labute approximate surface area is 143 Å². The summed E-state index contributed by atoms with van der Waals surface area (Å²) in [5, 5.41) is 14.8. The molecular formula is C13H18N4O2S3. The van der Waals surface area contributed by atoms with Crippen molar-refractivity contribution in [2.45, 2.75) is 11.5 Å². The van der Waals surface area contributed by atoms with Crippen LogP contribution in [0.3, 0.4) is 0 Å². The summed E-state index contributed by atoms with van der Waals surface area (Å²) in [5.41, 5.74) is 1.93. The van der Waals surface area contributed by atoms with Gasteiger partial charge in [0, 0.05) is 48.2 Å². The Morgan fingerprint density at radius 3 is 1.86 bits per heavy atom. The molecular weight excluding hydrogens is 340 g/mol. The van der Waals surface area contributed by atoms with E-state index in [4.69, 9.17) is 21.3 Å². The Morgan fingerprint density at radius 2 is 1.45 bits per heavy atom. The van der Waals surface area contributed by atoms with Crippen LogP contribution in [0.2, 0.25) is 0 Å². The fraction of sp³-hybridized carbons (Fsp3) is 0.462. The van der Waals surface area contributed by atoms with Gasteiger partial charge < -0.3 is 19.7 Å². The Bertz CT molecular complexity index is 473. The zero-order chi connectivity index (χ0) is 15.5. The van der Waals surface area contributed by atoms with Crippen molar-refractivity contribution in [3.05, 3.63) is 36.0 Å². The van der Waals surface area contributed by atoms with Gasteiger partial charge in [0.25, 0.3) is 0 Å². The molecule has 2 heterocycles. The van der Waals surface area contributed by atoms with Crippen LogP contribution in [0.1, 0.15) is 11.4 Å². The summed E-state index contributed by atoms with van der Waals surface area (Å²) in [6.07, 6.45) is 3.18. The Kier molecular flexibility index (Phi) is 8.21. The molecule has 0 atom stereocenters. The molecule has 0 saturated heterocycles. The number of rotatable bonds is 10. The molecule has 6 nitrogen and oxygen atoms in total. The van der Waals surface area contributed by atoms with E-state index in [0.29, 0.717) is 5.11 Å². The number of aromatic nitrogens is 2. The van der Waals surface area contributed by atoms with Crippen molar-refractivity contribution in [3.63, 3.8) is 0 Å². The lowest BCUT2D eigenvalue weighted by Crippen LogP contribution is -2.37. The molecule has 2 aromatic rings. The van der Waals surface area contributed by atoms with E-state index < -0.39 is 0 Å². The molecule has 0 bridgehead atoms. The SMILES string of the molecule is S=C(NCCSCc1ccon1)NCCSCc1ccon1. The summed E-state index contributed by atoms with van der Waals surface area (Å²) >= 11 is 8.80. The van der Waals surface area contributed by atoms with E-state index in [1.165, 1.54) is 0 Å². The number of nitrogens with zero attached hydrogens (tertiary/aromatic N) is 2. The Balaban J connectivity index is 1.39. The predicted molar refractivity (Wildman–Crippen MR) is 93.9 cm³/mol. The third-order valence-corrected chi connectivity index (χ3v) is 4.82. The Hall–Kier alpha value is -1.19. The maximum Gasteiger partial charge on any atom is 0.166 e. The van der Waals surface area contributed by atoms with Crippen LogP contribution < -0.4 is 10.6 Å². The van der Waals surface area contributed by atoms with Gasteiger partial charge in [-0.05, 0) is 12.2 Å². The summed E-state index contributed by atoms with van der Waals surface area (Å²) in [5.74, 6) is 3.65. The first-order valence-electron chi connectivity index (χ1n) is 6.80. The number of hydrogen-bond donors (Lipinski definition) is 2. The highest BCUT2D eigenvalue weighted by Crippen LogP contribution is 2.09. The second kappa shape index (κ2) is 10.5. The third-order valence-electron chi connectivity index (χ3n) is 2.55. The maximum absolute atomic E-state index is 5.22. The highest BCUT2D eigenvalue weighted by Gasteiger charge is 1.99. The highest BCUT2D eigenvalue weighted by atomic mass is 32.2. The summed E-state index contributed by atoms with van der Waals surface area (Å²) in [4.78, 5) is 0. The molecule has 22 heavy (non-hydrogen) atoms. The second-order valence-electron chi connectivity index (χ2n) is 4.27. The van der Waals surface area contributed by atoms with Crippen molar-refractivity contribution in [3.8, 4) is 0 Å². The monoisotopic (exact) mass is 358 g/mol. The van der Waals surface area contributed by atoms with Gasteiger partial charge in [-0.25, -0.2) is 0 Å². The minimum atomic E-state index is 0.698. The Morgan fingerprint density at radius 1 is 0.955 bits per heavy atom. The smallest absolute Gasteiger partial charge is 0.166 e. The summed E-state index contributed by atoms with van der Waals surface area (Å²) < 4.78 is 9.55. The van der Waals surface area contributed by atoms with Gasteiger partial charge >= 0.3 is 0 Å². The minimum absolute atomic E-state index is 0.698. The van der Waals surface area contributed by atoms with Crippen molar-refractivity contribution in [2.24, 2.45) is 0 Å².